The molecule has 0 aliphatic rings. The molecule has 0 fully saturated rings. The highest BCUT2D eigenvalue weighted by Gasteiger charge is 2.41. The SMILES string of the molecule is CCOP(=O)(CC(=O)OCOC(=O)N(C(=O)c1ccc(Cl)cc1)N(C(=O)c1ccccc1)C(C)(C)C)OCC. The lowest BCUT2D eigenvalue weighted by molar-refractivity contribution is -0.150. The van der Waals surface area contributed by atoms with Gasteiger partial charge in [0.1, 0.15) is 6.16 Å². The van der Waals surface area contributed by atoms with Gasteiger partial charge >= 0.3 is 19.7 Å². The quantitative estimate of drug-likeness (QED) is 0.153. The fourth-order valence-electron chi connectivity index (χ4n) is 3.30. The summed E-state index contributed by atoms with van der Waals surface area (Å²) in [7, 11) is -3.75. The van der Waals surface area contributed by atoms with Gasteiger partial charge in [0.25, 0.3) is 11.8 Å². The minimum absolute atomic E-state index is 0.0397. The van der Waals surface area contributed by atoms with E-state index in [1.54, 1.807) is 52.8 Å². The number of amides is 3. The van der Waals surface area contributed by atoms with Gasteiger partial charge in [-0.15, -0.1) is 5.01 Å². The first-order valence-corrected chi connectivity index (χ1v) is 14.1. The second-order valence-corrected chi connectivity index (χ2v) is 11.4. The molecule has 212 valence electrons. The molecule has 0 saturated carbocycles. The van der Waals surface area contributed by atoms with Crippen LogP contribution in [0.3, 0.4) is 0 Å². The van der Waals surface area contributed by atoms with Crippen LogP contribution in [0.15, 0.2) is 54.6 Å². The summed E-state index contributed by atoms with van der Waals surface area (Å²) in [6.45, 7) is 7.20. The fourth-order valence-corrected chi connectivity index (χ4v) is 4.88. The molecule has 0 unspecified atom stereocenters. The summed E-state index contributed by atoms with van der Waals surface area (Å²) in [6.07, 6.45) is -2.00. The maximum atomic E-state index is 13.6. The lowest BCUT2D eigenvalue weighted by Crippen LogP contribution is -2.60. The third-order valence-corrected chi connectivity index (χ3v) is 7.08. The van der Waals surface area contributed by atoms with Gasteiger partial charge in [-0.1, -0.05) is 29.8 Å². The zero-order chi connectivity index (χ0) is 29.2. The second-order valence-electron chi connectivity index (χ2n) is 8.93. The molecule has 0 aliphatic carbocycles. The average molecular weight is 583 g/mol. The first-order chi connectivity index (χ1) is 18.3. The third-order valence-electron chi connectivity index (χ3n) is 4.88. The summed E-state index contributed by atoms with van der Waals surface area (Å²) in [5.74, 6) is -2.57. The predicted octanol–water partition coefficient (Wildman–Crippen LogP) is 5.54. The van der Waals surface area contributed by atoms with Crippen LogP contribution < -0.4 is 0 Å². The number of halogens is 1. The lowest BCUT2D eigenvalue weighted by Gasteiger charge is -2.41. The van der Waals surface area contributed by atoms with Crippen LogP contribution in [0.1, 0.15) is 55.3 Å². The molecule has 2 aromatic carbocycles. The van der Waals surface area contributed by atoms with Crippen LogP contribution in [-0.4, -0.2) is 65.6 Å². The van der Waals surface area contributed by atoms with Gasteiger partial charge in [-0.05, 0) is 71.0 Å². The van der Waals surface area contributed by atoms with Crippen molar-refractivity contribution in [1.82, 2.24) is 10.0 Å². The van der Waals surface area contributed by atoms with Crippen LogP contribution in [-0.2, 0) is 27.9 Å². The van der Waals surface area contributed by atoms with Crippen LogP contribution >= 0.6 is 19.2 Å². The van der Waals surface area contributed by atoms with Crippen molar-refractivity contribution in [2.75, 3.05) is 26.2 Å². The minimum Gasteiger partial charge on any atom is -0.427 e. The van der Waals surface area contributed by atoms with Gasteiger partial charge in [-0.3, -0.25) is 18.9 Å². The van der Waals surface area contributed by atoms with E-state index in [1.807, 2.05) is 0 Å². The van der Waals surface area contributed by atoms with Crippen molar-refractivity contribution in [3.05, 3.63) is 70.7 Å². The number of hydrogen-bond acceptors (Lipinski definition) is 9. The van der Waals surface area contributed by atoms with Crippen LogP contribution in [0, 0.1) is 0 Å². The number of rotatable bonds is 10. The van der Waals surface area contributed by atoms with E-state index in [2.05, 4.69) is 0 Å². The number of imide groups is 1. The van der Waals surface area contributed by atoms with Gasteiger partial charge in [-0.25, -0.2) is 9.80 Å². The van der Waals surface area contributed by atoms with E-state index < -0.39 is 50.0 Å². The molecule has 0 heterocycles. The van der Waals surface area contributed by atoms with Crippen molar-refractivity contribution in [3.63, 3.8) is 0 Å². The van der Waals surface area contributed by atoms with E-state index in [-0.39, 0.29) is 24.3 Å². The molecule has 39 heavy (non-hydrogen) atoms. The highest BCUT2D eigenvalue weighted by molar-refractivity contribution is 7.54. The molecule has 0 radical (unpaired) electrons. The maximum Gasteiger partial charge on any atom is 0.439 e. The number of benzene rings is 2. The summed E-state index contributed by atoms with van der Waals surface area (Å²) in [4.78, 5) is 52.6. The van der Waals surface area contributed by atoms with Crippen molar-refractivity contribution in [2.45, 2.75) is 40.2 Å². The Hall–Kier alpha value is -3.24. The van der Waals surface area contributed by atoms with E-state index in [9.17, 15) is 23.7 Å². The van der Waals surface area contributed by atoms with E-state index in [1.165, 1.54) is 36.4 Å². The molecular weight excluding hydrogens is 551 g/mol. The van der Waals surface area contributed by atoms with Gasteiger partial charge < -0.3 is 18.5 Å². The molecule has 0 aromatic heterocycles. The average Bonchev–Trinajstić information content (AvgIpc) is 2.86. The molecule has 0 atom stereocenters. The van der Waals surface area contributed by atoms with Crippen LogP contribution in [0.25, 0.3) is 0 Å². The van der Waals surface area contributed by atoms with Crippen LogP contribution in [0.4, 0.5) is 4.79 Å². The Morgan fingerprint density at radius 1 is 0.821 bits per heavy atom. The zero-order valence-corrected chi connectivity index (χ0v) is 24.1. The van der Waals surface area contributed by atoms with Crippen LogP contribution in [0.2, 0.25) is 5.02 Å². The Balaban J connectivity index is 2.33. The summed E-state index contributed by atoms with van der Waals surface area (Å²) < 4.78 is 32.6. The number of carbonyl (C=O) groups is 4. The topological polar surface area (TPSA) is 129 Å². The number of nitrogens with zero attached hydrogens (tertiary/aromatic N) is 2. The summed E-state index contributed by atoms with van der Waals surface area (Å²) in [6, 6.07) is 13.7. The summed E-state index contributed by atoms with van der Waals surface area (Å²) >= 11 is 5.94. The summed E-state index contributed by atoms with van der Waals surface area (Å²) in [5.41, 5.74) is -0.840. The Morgan fingerprint density at radius 2 is 1.36 bits per heavy atom. The van der Waals surface area contributed by atoms with Gasteiger partial charge in [0.15, 0.2) is 0 Å². The fraction of sp³-hybridized carbons (Fsp3) is 0.385. The number of hydrazine groups is 1. The molecule has 0 spiro atoms. The molecule has 0 bridgehead atoms. The normalized spacial score (nSPS) is 11.4. The standard InChI is InChI=1S/C26H32ClN2O9P/c1-6-37-39(34,38-7-2)17-22(30)35-18-36-25(33)28(23(31)20-13-15-21(27)16-14-20)29(26(3,4)5)24(32)19-11-9-8-10-12-19/h8-16H,6-7,17-18H2,1-5H3. The molecule has 0 aliphatic heterocycles. The molecular formula is C26H32ClN2O9P. The Kier molecular flexibility index (Phi) is 11.7. The highest BCUT2D eigenvalue weighted by Crippen LogP contribution is 2.47. The monoisotopic (exact) mass is 582 g/mol. The Morgan fingerprint density at radius 3 is 1.87 bits per heavy atom. The number of hydrogen-bond donors (Lipinski definition) is 0. The first-order valence-electron chi connectivity index (χ1n) is 12.0. The lowest BCUT2D eigenvalue weighted by atomic mass is 10.1. The molecule has 0 saturated heterocycles. The first kappa shape index (κ1) is 32.0. The Labute approximate surface area is 232 Å². The van der Waals surface area contributed by atoms with Crippen molar-refractivity contribution >= 4 is 43.1 Å². The van der Waals surface area contributed by atoms with Gasteiger partial charge in [0.05, 0.1) is 18.8 Å². The molecule has 2 aromatic rings. The molecule has 2 rings (SSSR count). The van der Waals surface area contributed by atoms with E-state index in [4.69, 9.17) is 30.1 Å². The van der Waals surface area contributed by atoms with E-state index in [0.29, 0.717) is 10.0 Å². The van der Waals surface area contributed by atoms with E-state index in [0.717, 1.165) is 5.01 Å². The van der Waals surface area contributed by atoms with E-state index >= 15 is 0 Å². The highest BCUT2D eigenvalue weighted by atomic mass is 35.5. The summed E-state index contributed by atoms with van der Waals surface area (Å²) in [5, 5.41) is 1.86. The van der Waals surface area contributed by atoms with Gasteiger partial charge in [0.2, 0.25) is 6.79 Å². The molecule has 3 amide bonds. The van der Waals surface area contributed by atoms with Crippen LogP contribution in [0.5, 0.6) is 0 Å². The molecule has 13 heteroatoms. The zero-order valence-electron chi connectivity index (χ0n) is 22.4. The van der Waals surface area contributed by atoms with Crippen molar-refractivity contribution in [3.8, 4) is 0 Å². The predicted molar refractivity (Wildman–Crippen MR) is 143 cm³/mol. The van der Waals surface area contributed by atoms with Crippen molar-refractivity contribution in [2.24, 2.45) is 0 Å². The van der Waals surface area contributed by atoms with Gasteiger partial charge in [0, 0.05) is 16.1 Å². The Bertz CT molecular complexity index is 1190. The second kappa shape index (κ2) is 14.2. The van der Waals surface area contributed by atoms with Crippen molar-refractivity contribution in [1.29, 1.82) is 0 Å². The molecule has 0 N–H and O–H groups in total. The van der Waals surface area contributed by atoms with Crippen molar-refractivity contribution < 1.29 is 42.3 Å². The smallest absolute Gasteiger partial charge is 0.427 e. The minimum atomic E-state index is -3.75. The number of carbonyl (C=O) groups excluding carboxylic acids is 4. The number of esters is 1. The third kappa shape index (κ3) is 9.18. The number of ether oxygens (including phenoxy) is 2. The molecule has 11 nitrogen and oxygen atoms in total. The largest absolute Gasteiger partial charge is 0.439 e. The maximum absolute atomic E-state index is 13.6. The van der Waals surface area contributed by atoms with Gasteiger partial charge in [-0.2, -0.15) is 0 Å².